The highest BCUT2D eigenvalue weighted by Gasteiger charge is 2.22. The molecule has 2 N–H and O–H groups in total. The van der Waals surface area contributed by atoms with Crippen LogP contribution in [0.1, 0.15) is 17.4 Å². The molecule has 118 valence electrons. The second kappa shape index (κ2) is 6.39. The summed E-state index contributed by atoms with van der Waals surface area (Å²) in [7, 11) is 0. The van der Waals surface area contributed by atoms with Gasteiger partial charge in [0.25, 0.3) is 0 Å². The lowest BCUT2D eigenvalue weighted by atomic mass is 10.0. The second-order valence-corrected chi connectivity index (χ2v) is 7.61. The molecule has 0 bridgehead atoms. The van der Waals surface area contributed by atoms with Gasteiger partial charge in [0.1, 0.15) is 11.2 Å². The number of pyridine rings is 1. The average molecular weight is 397 g/mol. The first-order valence-corrected chi connectivity index (χ1v) is 9.01. The van der Waals surface area contributed by atoms with Crippen LogP contribution >= 0.6 is 27.3 Å². The quantitative estimate of drug-likeness (QED) is 0.550. The monoisotopic (exact) mass is 396 g/mol. The highest BCUT2D eigenvalue weighted by atomic mass is 79.9. The van der Waals surface area contributed by atoms with E-state index < -0.39 is 6.04 Å². The SMILES string of the molecule is NC(c1ccccn1)c1ncnc2sc(Br)c(-c3ccccc3)c12. The van der Waals surface area contributed by atoms with Crippen LogP contribution in [0.3, 0.4) is 0 Å². The summed E-state index contributed by atoms with van der Waals surface area (Å²) >= 11 is 5.27. The van der Waals surface area contributed by atoms with Gasteiger partial charge in [-0.05, 0) is 33.6 Å². The van der Waals surface area contributed by atoms with E-state index in [1.54, 1.807) is 23.9 Å². The highest BCUT2D eigenvalue weighted by Crippen LogP contribution is 2.43. The Morgan fingerprint density at radius 2 is 1.75 bits per heavy atom. The van der Waals surface area contributed by atoms with Gasteiger partial charge in [0, 0.05) is 17.1 Å². The number of aromatic nitrogens is 3. The molecule has 0 fully saturated rings. The molecule has 1 unspecified atom stereocenters. The van der Waals surface area contributed by atoms with Gasteiger partial charge in [0.15, 0.2) is 0 Å². The first kappa shape index (κ1) is 15.4. The molecule has 0 aliphatic carbocycles. The van der Waals surface area contributed by atoms with Crippen LogP contribution < -0.4 is 5.73 Å². The van der Waals surface area contributed by atoms with Crippen LogP contribution in [0.25, 0.3) is 21.3 Å². The van der Waals surface area contributed by atoms with Crippen LogP contribution in [0.15, 0.2) is 64.8 Å². The topological polar surface area (TPSA) is 64.7 Å². The molecule has 1 atom stereocenters. The van der Waals surface area contributed by atoms with E-state index in [-0.39, 0.29) is 0 Å². The summed E-state index contributed by atoms with van der Waals surface area (Å²) in [5.41, 5.74) is 10.2. The molecule has 0 aliphatic heterocycles. The summed E-state index contributed by atoms with van der Waals surface area (Å²) in [5.74, 6) is 0. The van der Waals surface area contributed by atoms with E-state index in [1.165, 1.54) is 0 Å². The minimum atomic E-state index is -0.402. The average Bonchev–Trinajstić information content (AvgIpc) is 2.98. The van der Waals surface area contributed by atoms with E-state index in [1.807, 2.05) is 36.4 Å². The van der Waals surface area contributed by atoms with Crippen molar-refractivity contribution in [3.63, 3.8) is 0 Å². The second-order valence-electron chi connectivity index (χ2n) is 5.29. The molecule has 0 radical (unpaired) electrons. The molecule has 3 heterocycles. The molecule has 0 spiro atoms. The summed E-state index contributed by atoms with van der Waals surface area (Å²) in [5, 5.41) is 0.985. The minimum Gasteiger partial charge on any atom is -0.318 e. The first-order valence-electron chi connectivity index (χ1n) is 7.40. The van der Waals surface area contributed by atoms with Gasteiger partial charge in [-0.3, -0.25) is 4.98 Å². The number of halogens is 1. The Kier molecular flexibility index (Phi) is 4.10. The molecular weight excluding hydrogens is 384 g/mol. The molecule has 0 amide bonds. The van der Waals surface area contributed by atoms with Crippen molar-refractivity contribution in [3.05, 3.63) is 76.2 Å². The molecule has 3 aromatic heterocycles. The molecule has 4 rings (SSSR count). The first-order chi connectivity index (χ1) is 11.8. The van der Waals surface area contributed by atoms with E-state index in [2.05, 4.69) is 43.0 Å². The Balaban J connectivity index is 1.97. The van der Waals surface area contributed by atoms with Crippen molar-refractivity contribution in [1.29, 1.82) is 0 Å². The smallest absolute Gasteiger partial charge is 0.128 e. The van der Waals surface area contributed by atoms with E-state index >= 15 is 0 Å². The standard InChI is InChI=1S/C18H13BrN4S/c19-17-13(11-6-2-1-3-7-11)14-16(22-10-23-18(14)24-17)15(20)12-8-4-5-9-21-12/h1-10,15H,20H2. The Bertz CT molecular complexity index is 986. The molecule has 1 aromatic carbocycles. The van der Waals surface area contributed by atoms with Crippen LogP contribution in [-0.4, -0.2) is 15.0 Å². The molecule has 0 saturated carbocycles. The van der Waals surface area contributed by atoms with Crippen molar-refractivity contribution < 1.29 is 0 Å². The van der Waals surface area contributed by atoms with E-state index in [0.717, 1.165) is 36.5 Å². The third-order valence-electron chi connectivity index (χ3n) is 3.84. The lowest BCUT2D eigenvalue weighted by Crippen LogP contribution is -2.15. The van der Waals surface area contributed by atoms with Crippen molar-refractivity contribution in [3.8, 4) is 11.1 Å². The van der Waals surface area contributed by atoms with Gasteiger partial charge in [0.2, 0.25) is 0 Å². The van der Waals surface area contributed by atoms with E-state index in [0.29, 0.717) is 0 Å². The van der Waals surface area contributed by atoms with Gasteiger partial charge < -0.3 is 5.73 Å². The van der Waals surface area contributed by atoms with Crippen molar-refractivity contribution in [2.24, 2.45) is 5.73 Å². The van der Waals surface area contributed by atoms with Gasteiger partial charge in [-0.15, -0.1) is 11.3 Å². The van der Waals surface area contributed by atoms with Crippen molar-refractivity contribution in [1.82, 2.24) is 15.0 Å². The summed E-state index contributed by atoms with van der Waals surface area (Å²) in [6.07, 6.45) is 3.31. The number of nitrogens with zero attached hydrogens (tertiary/aromatic N) is 3. The molecule has 6 heteroatoms. The van der Waals surface area contributed by atoms with Crippen molar-refractivity contribution >= 4 is 37.5 Å². The third kappa shape index (κ3) is 2.62. The van der Waals surface area contributed by atoms with Crippen LogP contribution in [-0.2, 0) is 0 Å². The van der Waals surface area contributed by atoms with Gasteiger partial charge in [-0.2, -0.15) is 0 Å². The molecule has 4 aromatic rings. The zero-order valence-corrected chi connectivity index (χ0v) is 15.0. The summed E-state index contributed by atoms with van der Waals surface area (Å²) in [4.78, 5) is 14.2. The number of fused-ring (bicyclic) bond motifs is 1. The number of hydrogen-bond acceptors (Lipinski definition) is 5. The van der Waals surface area contributed by atoms with Gasteiger partial charge in [-0.1, -0.05) is 36.4 Å². The van der Waals surface area contributed by atoms with Crippen LogP contribution in [0.4, 0.5) is 0 Å². The maximum Gasteiger partial charge on any atom is 0.128 e. The molecule has 0 aliphatic rings. The Hall–Kier alpha value is -2.15. The fourth-order valence-electron chi connectivity index (χ4n) is 2.73. The molecule has 4 nitrogen and oxygen atoms in total. The van der Waals surface area contributed by atoms with Gasteiger partial charge in [-0.25, -0.2) is 9.97 Å². The lowest BCUT2D eigenvalue weighted by molar-refractivity contribution is 0.800. The highest BCUT2D eigenvalue weighted by molar-refractivity contribution is 9.11. The summed E-state index contributed by atoms with van der Waals surface area (Å²) in [6.45, 7) is 0. The predicted octanol–water partition coefficient (Wildman–Crippen LogP) is 4.56. The van der Waals surface area contributed by atoms with Crippen LogP contribution in [0, 0.1) is 0 Å². The number of hydrogen-bond donors (Lipinski definition) is 1. The predicted molar refractivity (Wildman–Crippen MR) is 101 cm³/mol. The third-order valence-corrected chi connectivity index (χ3v) is 5.61. The molecule has 0 saturated heterocycles. The van der Waals surface area contributed by atoms with Gasteiger partial charge in [0.05, 0.1) is 21.2 Å². The summed E-state index contributed by atoms with van der Waals surface area (Å²) < 4.78 is 1.03. The lowest BCUT2D eigenvalue weighted by Gasteiger charge is -2.12. The molecule has 24 heavy (non-hydrogen) atoms. The zero-order valence-electron chi connectivity index (χ0n) is 12.6. The normalized spacial score (nSPS) is 12.4. The van der Waals surface area contributed by atoms with E-state index in [4.69, 9.17) is 5.73 Å². The maximum absolute atomic E-state index is 6.48. The Morgan fingerprint density at radius 3 is 2.50 bits per heavy atom. The number of nitrogens with two attached hydrogens (primary N) is 1. The fourth-order valence-corrected chi connectivity index (χ4v) is 4.51. The Morgan fingerprint density at radius 1 is 0.958 bits per heavy atom. The Labute approximate surface area is 151 Å². The van der Waals surface area contributed by atoms with Crippen molar-refractivity contribution in [2.45, 2.75) is 6.04 Å². The van der Waals surface area contributed by atoms with Gasteiger partial charge >= 0.3 is 0 Å². The zero-order chi connectivity index (χ0) is 16.5. The number of rotatable bonds is 3. The minimum absolute atomic E-state index is 0.402. The fraction of sp³-hybridized carbons (Fsp3) is 0.0556. The number of benzene rings is 1. The van der Waals surface area contributed by atoms with E-state index in [9.17, 15) is 0 Å². The largest absolute Gasteiger partial charge is 0.318 e. The summed E-state index contributed by atoms with van der Waals surface area (Å²) in [6, 6.07) is 15.5. The maximum atomic E-state index is 6.48. The van der Waals surface area contributed by atoms with Crippen molar-refractivity contribution in [2.75, 3.05) is 0 Å². The number of thiophene rings is 1. The molecular formula is C18H13BrN4S. The van der Waals surface area contributed by atoms with Crippen LogP contribution in [0.5, 0.6) is 0 Å². The van der Waals surface area contributed by atoms with Crippen LogP contribution in [0.2, 0.25) is 0 Å².